The molecule has 0 fully saturated rings. The van der Waals surface area contributed by atoms with Crippen LogP contribution < -0.4 is 11.1 Å². The lowest BCUT2D eigenvalue weighted by Crippen LogP contribution is -2.14. The van der Waals surface area contributed by atoms with E-state index < -0.39 is 5.91 Å². The maximum Gasteiger partial charge on any atom is 0.249 e. The first-order valence-electron chi connectivity index (χ1n) is 6.77. The second-order valence-electron chi connectivity index (χ2n) is 4.74. The van der Waals surface area contributed by atoms with Crippen LogP contribution in [-0.2, 0) is 13.1 Å². The highest BCUT2D eigenvalue weighted by molar-refractivity contribution is 5.95. The fraction of sp³-hybridized carbons (Fsp3) is 0.333. The fourth-order valence-electron chi connectivity index (χ4n) is 2.20. The lowest BCUT2D eigenvalue weighted by Gasteiger charge is -2.12. The SMILES string of the molecule is CCCn1nccc1CNc1cccc(C(N)=O)c1C. The molecule has 2 rings (SSSR count). The molecule has 0 atom stereocenters. The summed E-state index contributed by atoms with van der Waals surface area (Å²) in [5.74, 6) is -0.401. The average molecular weight is 272 g/mol. The van der Waals surface area contributed by atoms with Crippen LogP contribution in [0, 0.1) is 6.92 Å². The Bertz CT molecular complexity index is 604. The van der Waals surface area contributed by atoms with Gasteiger partial charge in [0.25, 0.3) is 0 Å². The van der Waals surface area contributed by atoms with E-state index in [4.69, 9.17) is 5.73 Å². The fourth-order valence-corrected chi connectivity index (χ4v) is 2.20. The summed E-state index contributed by atoms with van der Waals surface area (Å²) < 4.78 is 1.99. The smallest absolute Gasteiger partial charge is 0.249 e. The van der Waals surface area contributed by atoms with Crippen LogP contribution in [0.1, 0.15) is 35.0 Å². The quantitative estimate of drug-likeness (QED) is 0.847. The molecule has 3 N–H and O–H groups in total. The van der Waals surface area contributed by atoms with E-state index in [1.807, 2.05) is 29.8 Å². The summed E-state index contributed by atoms with van der Waals surface area (Å²) in [7, 11) is 0. The number of carbonyl (C=O) groups excluding carboxylic acids is 1. The van der Waals surface area contributed by atoms with Gasteiger partial charge in [0, 0.05) is 24.0 Å². The molecule has 20 heavy (non-hydrogen) atoms. The Hall–Kier alpha value is -2.30. The normalized spacial score (nSPS) is 10.5. The predicted octanol–water partition coefficient (Wildman–Crippen LogP) is 2.31. The number of amides is 1. The number of hydrogen-bond donors (Lipinski definition) is 2. The minimum absolute atomic E-state index is 0.401. The van der Waals surface area contributed by atoms with E-state index >= 15 is 0 Å². The van der Waals surface area contributed by atoms with Crippen molar-refractivity contribution >= 4 is 11.6 Å². The summed E-state index contributed by atoms with van der Waals surface area (Å²) >= 11 is 0. The van der Waals surface area contributed by atoms with Gasteiger partial charge in [0.05, 0.1) is 12.2 Å². The summed E-state index contributed by atoms with van der Waals surface area (Å²) in [6, 6.07) is 7.52. The number of nitrogens with one attached hydrogen (secondary N) is 1. The molecule has 0 radical (unpaired) electrons. The van der Waals surface area contributed by atoms with Crippen molar-refractivity contribution in [2.24, 2.45) is 5.73 Å². The molecule has 0 unspecified atom stereocenters. The molecule has 5 heteroatoms. The minimum atomic E-state index is -0.401. The van der Waals surface area contributed by atoms with Crippen LogP contribution >= 0.6 is 0 Å². The van der Waals surface area contributed by atoms with Crippen molar-refractivity contribution in [3.05, 3.63) is 47.3 Å². The third kappa shape index (κ3) is 2.99. The first-order valence-corrected chi connectivity index (χ1v) is 6.77. The zero-order valence-corrected chi connectivity index (χ0v) is 11.9. The number of aromatic nitrogens is 2. The first kappa shape index (κ1) is 14.1. The molecule has 106 valence electrons. The maximum absolute atomic E-state index is 11.3. The summed E-state index contributed by atoms with van der Waals surface area (Å²) in [6.45, 7) is 5.60. The van der Waals surface area contributed by atoms with Gasteiger partial charge in [-0.1, -0.05) is 13.0 Å². The Morgan fingerprint density at radius 3 is 2.90 bits per heavy atom. The number of nitrogens with zero attached hydrogens (tertiary/aromatic N) is 2. The van der Waals surface area contributed by atoms with Crippen molar-refractivity contribution in [3.63, 3.8) is 0 Å². The Labute approximate surface area is 118 Å². The van der Waals surface area contributed by atoms with E-state index in [1.165, 1.54) is 0 Å². The second kappa shape index (κ2) is 6.23. The summed E-state index contributed by atoms with van der Waals surface area (Å²) in [4.78, 5) is 11.3. The molecule has 5 nitrogen and oxygen atoms in total. The van der Waals surface area contributed by atoms with Crippen molar-refractivity contribution in [2.45, 2.75) is 33.4 Å². The number of hydrogen-bond acceptors (Lipinski definition) is 3. The third-order valence-corrected chi connectivity index (χ3v) is 3.30. The number of carbonyl (C=O) groups is 1. The molecule has 0 aliphatic rings. The Kier molecular flexibility index (Phi) is 4.40. The molecule has 0 saturated heterocycles. The van der Waals surface area contributed by atoms with Gasteiger partial charge in [0.2, 0.25) is 5.91 Å². The number of nitrogens with two attached hydrogens (primary N) is 1. The molecular weight excluding hydrogens is 252 g/mol. The van der Waals surface area contributed by atoms with Gasteiger partial charge < -0.3 is 11.1 Å². The summed E-state index contributed by atoms with van der Waals surface area (Å²) in [5.41, 5.74) is 8.83. The van der Waals surface area contributed by atoms with Crippen molar-refractivity contribution < 1.29 is 4.79 Å². The highest BCUT2D eigenvalue weighted by Gasteiger charge is 2.09. The first-order chi connectivity index (χ1) is 9.63. The molecule has 1 aromatic heterocycles. The topological polar surface area (TPSA) is 72.9 Å². The lowest BCUT2D eigenvalue weighted by atomic mass is 10.1. The van der Waals surface area contributed by atoms with E-state index in [0.29, 0.717) is 12.1 Å². The molecular formula is C15H20N4O. The monoisotopic (exact) mass is 272 g/mol. The number of aryl methyl sites for hydroxylation is 1. The minimum Gasteiger partial charge on any atom is -0.379 e. The molecule has 0 saturated carbocycles. The van der Waals surface area contributed by atoms with Gasteiger partial charge in [-0.05, 0) is 37.1 Å². The van der Waals surface area contributed by atoms with Gasteiger partial charge in [-0.3, -0.25) is 9.48 Å². The van der Waals surface area contributed by atoms with Crippen LogP contribution in [0.4, 0.5) is 5.69 Å². The number of anilines is 1. The van der Waals surface area contributed by atoms with Crippen molar-refractivity contribution in [3.8, 4) is 0 Å². The van der Waals surface area contributed by atoms with Gasteiger partial charge in [0.15, 0.2) is 0 Å². The van der Waals surface area contributed by atoms with Crippen molar-refractivity contribution in [2.75, 3.05) is 5.32 Å². The zero-order chi connectivity index (χ0) is 14.5. The van der Waals surface area contributed by atoms with E-state index in [2.05, 4.69) is 17.3 Å². The van der Waals surface area contributed by atoms with E-state index in [1.54, 1.807) is 12.3 Å². The van der Waals surface area contributed by atoms with Gasteiger partial charge in [0.1, 0.15) is 0 Å². The van der Waals surface area contributed by atoms with Crippen LogP contribution in [0.15, 0.2) is 30.5 Å². The Morgan fingerprint density at radius 2 is 2.20 bits per heavy atom. The van der Waals surface area contributed by atoms with Crippen LogP contribution in [-0.4, -0.2) is 15.7 Å². The highest BCUT2D eigenvalue weighted by Crippen LogP contribution is 2.19. The Morgan fingerprint density at radius 1 is 1.40 bits per heavy atom. The van der Waals surface area contributed by atoms with Crippen LogP contribution in [0.25, 0.3) is 0 Å². The molecule has 0 aliphatic carbocycles. The van der Waals surface area contributed by atoms with Gasteiger partial charge in [-0.25, -0.2) is 0 Å². The standard InChI is InChI=1S/C15H20N4O/c1-3-9-19-12(7-8-18-19)10-17-14-6-4-5-13(11(14)2)15(16)20/h4-8,17H,3,9-10H2,1-2H3,(H2,16,20). The van der Waals surface area contributed by atoms with E-state index in [0.717, 1.165) is 29.9 Å². The van der Waals surface area contributed by atoms with Crippen LogP contribution in [0.3, 0.4) is 0 Å². The zero-order valence-electron chi connectivity index (χ0n) is 11.9. The van der Waals surface area contributed by atoms with Gasteiger partial charge in [-0.2, -0.15) is 5.10 Å². The Balaban J connectivity index is 2.13. The average Bonchev–Trinajstić information content (AvgIpc) is 2.85. The lowest BCUT2D eigenvalue weighted by molar-refractivity contribution is 0.1000. The molecule has 1 heterocycles. The molecule has 0 bridgehead atoms. The number of primary amides is 1. The molecule has 0 aliphatic heterocycles. The molecule has 0 spiro atoms. The van der Waals surface area contributed by atoms with Gasteiger partial charge >= 0.3 is 0 Å². The van der Waals surface area contributed by atoms with E-state index in [9.17, 15) is 4.79 Å². The van der Waals surface area contributed by atoms with E-state index in [-0.39, 0.29) is 0 Å². The third-order valence-electron chi connectivity index (χ3n) is 3.30. The molecule has 1 aromatic carbocycles. The molecule has 2 aromatic rings. The number of rotatable bonds is 6. The summed E-state index contributed by atoms with van der Waals surface area (Å²) in [6.07, 6.45) is 2.85. The number of benzene rings is 1. The maximum atomic E-state index is 11.3. The largest absolute Gasteiger partial charge is 0.379 e. The van der Waals surface area contributed by atoms with Crippen LogP contribution in [0.5, 0.6) is 0 Å². The van der Waals surface area contributed by atoms with Crippen LogP contribution in [0.2, 0.25) is 0 Å². The second-order valence-corrected chi connectivity index (χ2v) is 4.74. The van der Waals surface area contributed by atoms with Gasteiger partial charge in [-0.15, -0.1) is 0 Å². The van der Waals surface area contributed by atoms with Crippen molar-refractivity contribution in [1.82, 2.24) is 9.78 Å². The highest BCUT2D eigenvalue weighted by atomic mass is 16.1. The summed E-state index contributed by atoms with van der Waals surface area (Å²) in [5, 5.41) is 7.63. The van der Waals surface area contributed by atoms with Crippen molar-refractivity contribution in [1.29, 1.82) is 0 Å². The molecule has 1 amide bonds. The predicted molar refractivity (Wildman–Crippen MR) is 79.5 cm³/mol.